The second-order valence-electron chi connectivity index (χ2n) is 9.85. The third kappa shape index (κ3) is 6.86. The largest absolute Gasteiger partial charge is 4.00 e. The Labute approximate surface area is 310 Å². The molecule has 0 aliphatic carbocycles. The van der Waals surface area contributed by atoms with Crippen LogP contribution in [0.5, 0.6) is 0 Å². The van der Waals surface area contributed by atoms with Crippen molar-refractivity contribution in [3.05, 3.63) is 146 Å². The van der Waals surface area contributed by atoms with E-state index >= 15 is 0 Å². The fourth-order valence-electron chi connectivity index (χ4n) is 5.43. The zero-order chi connectivity index (χ0) is 27.2. The van der Waals surface area contributed by atoms with Gasteiger partial charge in [0.05, 0.1) is 0 Å². The first-order valence-corrected chi connectivity index (χ1v) is 16.5. The zero-order valence-electron chi connectivity index (χ0n) is 22.5. The van der Waals surface area contributed by atoms with Gasteiger partial charge in [0.15, 0.2) is 0 Å². The smallest absolute Gasteiger partial charge is 1.00 e. The first-order chi connectivity index (χ1) is 19.5. The minimum atomic E-state index is -0.688. The molecule has 7 heteroatoms. The molecule has 9 aromatic rings. The molecule has 0 saturated carbocycles. The fourth-order valence-corrected chi connectivity index (χ4v) is 9.12. The number of halogens is 5. The first-order valence-electron chi connectivity index (χ1n) is 13.0. The van der Waals surface area contributed by atoms with Crippen molar-refractivity contribution in [3.8, 4) is 16.4 Å². The minimum Gasteiger partial charge on any atom is -1.00 e. The van der Waals surface area contributed by atoms with Gasteiger partial charge in [0.2, 0.25) is 0 Å². The maximum absolute atomic E-state index is 13.4. The molecule has 7 aromatic carbocycles. The van der Waals surface area contributed by atoms with Gasteiger partial charge < -0.3 is 24.8 Å². The number of benzene rings is 5. The molecule has 0 amide bonds. The summed E-state index contributed by atoms with van der Waals surface area (Å²) >= 11 is 4.80. The first kappa shape index (κ1) is 34.3. The number of rotatable bonds is 2. The topological polar surface area (TPSA) is 0 Å². The Hall–Kier alpha value is -1.53. The van der Waals surface area contributed by atoms with Crippen LogP contribution in [0.3, 0.4) is 0 Å². The molecule has 0 spiro atoms. The van der Waals surface area contributed by atoms with Crippen LogP contribution in [0.1, 0.15) is 0 Å². The van der Waals surface area contributed by atoms with E-state index in [-0.39, 0.29) is 56.8 Å². The molecule has 1 unspecified atom stereocenters. The Morgan fingerprint density at radius 1 is 0.605 bits per heavy atom. The molecular formula is C36H22Cl2FI2PZr. The van der Waals surface area contributed by atoms with E-state index in [1.165, 1.54) is 66.1 Å². The van der Waals surface area contributed by atoms with Gasteiger partial charge in [0.25, 0.3) is 0 Å². The molecule has 0 radical (unpaired) electrons. The summed E-state index contributed by atoms with van der Waals surface area (Å²) in [5.74, 6) is -0.184. The molecule has 4 bridgehead atoms. The third-order valence-corrected chi connectivity index (χ3v) is 11.8. The summed E-state index contributed by atoms with van der Waals surface area (Å²) in [6, 6.07) is 46.4. The van der Waals surface area contributed by atoms with Gasteiger partial charge >= 0.3 is 26.2 Å². The molecule has 0 N–H and O–H groups in total. The van der Waals surface area contributed by atoms with Gasteiger partial charge in [-0.3, -0.25) is 0 Å². The van der Waals surface area contributed by atoms with Crippen LogP contribution in [-0.4, -0.2) is 0 Å². The number of hydrogen-bond donors (Lipinski definition) is 0. The van der Waals surface area contributed by atoms with Gasteiger partial charge in [-0.15, -0.1) is 56.8 Å². The average molecular weight is 920 g/mol. The maximum atomic E-state index is 13.4. The minimum absolute atomic E-state index is 0. The summed E-state index contributed by atoms with van der Waals surface area (Å²) in [7, 11) is -0.688. The third-order valence-electron chi connectivity index (χ3n) is 7.40. The van der Waals surface area contributed by atoms with Gasteiger partial charge in [-0.1, -0.05) is 149 Å². The van der Waals surface area contributed by atoms with E-state index in [1.54, 1.807) is 12.1 Å². The molecule has 43 heavy (non-hydrogen) atoms. The van der Waals surface area contributed by atoms with E-state index in [4.69, 9.17) is 0 Å². The van der Waals surface area contributed by atoms with Crippen molar-refractivity contribution in [3.63, 3.8) is 0 Å². The molecule has 9 rings (SSSR count). The molecule has 0 fully saturated rings. The van der Waals surface area contributed by atoms with Crippen molar-refractivity contribution in [2.45, 2.75) is 0 Å². The molecule has 210 valence electrons. The molecular weight excluding hydrogens is 898 g/mol. The summed E-state index contributed by atoms with van der Waals surface area (Å²) < 4.78 is 16.0. The van der Waals surface area contributed by atoms with E-state index in [2.05, 4.69) is 154 Å². The average Bonchev–Trinajstić information content (AvgIpc) is 3.65. The predicted octanol–water partition coefficient (Wildman–Crippen LogP) is 6.42. The molecule has 0 aliphatic rings. The number of fused-ring (bicyclic) bond motifs is 3. The van der Waals surface area contributed by atoms with Gasteiger partial charge in [0.1, 0.15) is 5.82 Å². The molecule has 1 atom stereocenters. The summed E-state index contributed by atoms with van der Waals surface area (Å²) in [5, 5.41) is 11.7. The van der Waals surface area contributed by atoms with Crippen LogP contribution in [0.2, 0.25) is 0 Å². The van der Waals surface area contributed by atoms with Crippen molar-refractivity contribution in [1.82, 2.24) is 0 Å². The van der Waals surface area contributed by atoms with E-state index in [1.807, 2.05) is 12.1 Å². The van der Waals surface area contributed by atoms with Crippen molar-refractivity contribution in [2.75, 3.05) is 0 Å². The standard InChI is InChI=1S/C21H12FIP.C15H10I.2ClH.Zr/c22-15-3-7-17(8-4-15)24-16-5-1-13(2-6-16)14-11-18-19(12-14)21(24)10-9-20(18)23;16-15-8-4-7-12-9-13(10-14(12)15)11-5-2-1-3-6-11;;;/h1-12H;1-10H;2*1H;/q2*-1;;;+4/p-2. The monoisotopic (exact) mass is 918 g/mol. The molecule has 0 aliphatic heterocycles. The van der Waals surface area contributed by atoms with Crippen LogP contribution in [0.15, 0.2) is 133 Å². The zero-order valence-corrected chi connectivity index (χ0v) is 31.7. The van der Waals surface area contributed by atoms with Crippen LogP contribution < -0.4 is 24.8 Å². The number of hydrogen-bond acceptors (Lipinski definition) is 0. The van der Waals surface area contributed by atoms with E-state index in [0.29, 0.717) is 0 Å². The Balaban J connectivity index is 0.000000197. The van der Waals surface area contributed by atoms with Gasteiger partial charge in [-0.25, -0.2) is 4.39 Å². The molecule has 0 saturated heterocycles. The van der Waals surface area contributed by atoms with Crippen LogP contribution in [0, 0.1) is 13.0 Å². The van der Waals surface area contributed by atoms with E-state index < -0.39 is 7.53 Å². The van der Waals surface area contributed by atoms with Gasteiger partial charge in [-0.05, 0) is 46.9 Å². The molecule has 0 nitrogen and oxygen atoms in total. The Morgan fingerprint density at radius 3 is 2.00 bits per heavy atom. The van der Waals surface area contributed by atoms with Gasteiger partial charge in [0, 0.05) is 0 Å². The second-order valence-corrected chi connectivity index (χ2v) is 14.4. The summed E-state index contributed by atoms with van der Waals surface area (Å²) in [6.45, 7) is 0. The van der Waals surface area contributed by atoms with Crippen LogP contribution >= 0.6 is 52.7 Å². The van der Waals surface area contributed by atoms with Crippen molar-refractivity contribution in [1.29, 1.82) is 0 Å². The van der Waals surface area contributed by atoms with Crippen molar-refractivity contribution < 1.29 is 55.4 Å². The van der Waals surface area contributed by atoms with E-state index in [9.17, 15) is 4.39 Å². The van der Waals surface area contributed by atoms with Crippen LogP contribution in [-0.2, 0) is 26.2 Å². The molecule has 2 aromatic heterocycles. The normalized spacial score (nSPS) is 11.0. The van der Waals surface area contributed by atoms with Crippen molar-refractivity contribution in [2.24, 2.45) is 0 Å². The maximum Gasteiger partial charge on any atom is 4.00 e. The Kier molecular flexibility index (Phi) is 11.8. The summed E-state index contributed by atoms with van der Waals surface area (Å²) in [4.78, 5) is 0. The van der Waals surface area contributed by atoms with Crippen LogP contribution in [0.25, 0.3) is 59.0 Å². The SMILES string of the molecule is Fc1ccc(-p2c3ccc(cc3)c3cc4c([cH-]3)c(I)ccc42)cc1.Ic1cccc2cc(-c3ccccc3)[cH-]c12.[Cl-].[Cl-].[Zr+4]. The quantitative estimate of drug-likeness (QED) is 0.139. The van der Waals surface area contributed by atoms with Crippen molar-refractivity contribution >= 4 is 95.3 Å². The fraction of sp³-hybridized carbons (Fsp3) is 0. The summed E-state index contributed by atoms with van der Waals surface area (Å²) in [5.41, 5.74) is 2.59. The van der Waals surface area contributed by atoms with Gasteiger partial charge in [-0.2, -0.15) is 0 Å². The predicted molar refractivity (Wildman–Crippen MR) is 189 cm³/mol. The van der Waals surface area contributed by atoms with Crippen LogP contribution in [0.4, 0.5) is 4.39 Å². The molecule has 2 heterocycles. The summed E-state index contributed by atoms with van der Waals surface area (Å²) in [6.07, 6.45) is 0. The second kappa shape index (κ2) is 14.7. The van der Waals surface area contributed by atoms with E-state index in [0.717, 1.165) is 0 Å². The Morgan fingerprint density at radius 2 is 1.30 bits per heavy atom. The Bertz CT molecular complexity index is 2130.